The van der Waals surface area contributed by atoms with Gasteiger partial charge in [-0.25, -0.2) is 0 Å². The molecule has 0 spiro atoms. The van der Waals surface area contributed by atoms with Gasteiger partial charge in [-0.2, -0.15) is 5.10 Å². The maximum atomic E-state index is 5.52. The molecule has 0 saturated carbocycles. The highest BCUT2D eigenvalue weighted by atomic mass is 16.5. The average molecular weight is 345 g/mol. The molecular weight excluding hydrogens is 318 g/mol. The minimum Gasteiger partial charge on any atom is -0.468 e. The first-order valence-corrected chi connectivity index (χ1v) is 9.19. The molecule has 1 fully saturated rings. The van der Waals surface area contributed by atoms with Gasteiger partial charge in [0.25, 0.3) is 0 Å². The van der Waals surface area contributed by atoms with Gasteiger partial charge in [-0.15, -0.1) is 0 Å². The van der Waals surface area contributed by atoms with Crippen LogP contribution in [0.1, 0.15) is 35.8 Å². The minimum atomic E-state index is 0.319. The quantitative estimate of drug-likeness (QED) is 0.806. The largest absolute Gasteiger partial charge is 0.468 e. The first-order chi connectivity index (χ1) is 12.3. The van der Waals surface area contributed by atoms with E-state index in [1.54, 1.807) is 13.4 Å². The highest BCUT2D eigenvalue weighted by molar-refractivity contribution is 5.25. The Morgan fingerprint density at radius 3 is 2.96 bits per heavy atom. The molecule has 0 aliphatic carbocycles. The van der Waals surface area contributed by atoms with Crippen molar-refractivity contribution in [2.24, 2.45) is 5.92 Å². The summed E-state index contributed by atoms with van der Waals surface area (Å²) in [6.45, 7) is 6.17. The zero-order valence-corrected chi connectivity index (χ0v) is 14.9. The molecule has 1 atom stereocenters. The van der Waals surface area contributed by atoms with Crippen LogP contribution in [0.3, 0.4) is 0 Å². The van der Waals surface area contributed by atoms with E-state index in [9.17, 15) is 0 Å². The number of nitrogens with zero attached hydrogens (tertiary/aromatic N) is 3. The molecule has 2 aromatic rings. The molecule has 2 aromatic heterocycles. The first kappa shape index (κ1) is 16.8. The minimum absolute atomic E-state index is 0.319. The highest BCUT2D eigenvalue weighted by Gasteiger charge is 2.29. The zero-order valence-electron chi connectivity index (χ0n) is 14.9. The average Bonchev–Trinajstić information content (AvgIpc) is 3.26. The van der Waals surface area contributed by atoms with Crippen molar-refractivity contribution in [3.8, 4) is 0 Å². The monoisotopic (exact) mass is 345 g/mol. The van der Waals surface area contributed by atoms with Crippen LogP contribution in [0, 0.1) is 5.92 Å². The van der Waals surface area contributed by atoms with Gasteiger partial charge >= 0.3 is 0 Å². The van der Waals surface area contributed by atoms with Crippen LogP contribution in [0.15, 0.2) is 29.0 Å². The number of hydrogen-bond donors (Lipinski definition) is 0. The summed E-state index contributed by atoms with van der Waals surface area (Å²) in [5, 5.41) is 4.92. The van der Waals surface area contributed by atoms with E-state index in [-0.39, 0.29) is 0 Å². The van der Waals surface area contributed by atoms with Crippen LogP contribution in [0.2, 0.25) is 0 Å². The van der Waals surface area contributed by atoms with Gasteiger partial charge in [-0.05, 0) is 30.9 Å². The van der Waals surface area contributed by atoms with Crippen molar-refractivity contribution in [2.45, 2.75) is 38.4 Å². The molecule has 1 saturated heterocycles. The van der Waals surface area contributed by atoms with E-state index >= 15 is 0 Å². The second-order valence-electron chi connectivity index (χ2n) is 7.22. The van der Waals surface area contributed by atoms with Crippen molar-refractivity contribution < 1.29 is 13.9 Å². The van der Waals surface area contributed by atoms with Crippen LogP contribution in [0.5, 0.6) is 0 Å². The van der Waals surface area contributed by atoms with Crippen LogP contribution in [-0.2, 0) is 29.1 Å². The van der Waals surface area contributed by atoms with Gasteiger partial charge in [-0.3, -0.25) is 9.58 Å². The number of methoxy groups -OCH3 is 1. The summed E-state index contributed by atoms with van der Waals surface area (Å²) in [4.78, 5) is 2.42. The molecule has 0 amide bonds. The summed E-state index contributed by atoms with van der Waals surface area (Å²) >= 11 is 0. The van der Waals surface area contributed by atoms with Crippen molar-refractivity contribution in [1.29, 1.82) is 0 Å². The molecule has 25 heavy (non-hydrogen) atoms. The lowest BCUT2D eigenvalue weighted by molar-refractivity contribution is 0.0601. The third kappa shape index (κ3) is 3.97. The van der Waals surface area contributed by atoms with Crippen LogP contribution in [0.4, 0.5) is 0 Å². The SMILES string of the molecule is COC[C@H]1CN(Cc2ccco2)Cc2cn(CC3CCOCC3)nc21. The van der Waals surface area contributed by atoms with Gasteiger partial charge < -0.3 is 13.9 Å². The molecule has 6 nitrogen and oxygen atoms in total. The second kappa shape index (κ2) is 7.72. The van der Waals surface area contributed by atoms with Crippen LogP contribution in [0.25, 0.3) is 0 Å². The fourth-order valence-corrected chi connectivity index (χ4v) is 4.01. The molecule has 0 N–H and O–H groups in total. The number of aromatic nitrogens is 2. The highest BCUT2D eigenvalue weighted by Crippen LogP contribution is 2.29. The van der Waals surface area contributed by atoms with Crippen molar-refractivity contribution in [3.05, 3.63) is 41.6 Å². The Bertz CT molecular complexity index is 662. The van der Waals surface area contributed by atoms with Crippen molar-refractivity contribution in [3.63, 3.8) is 0 Å². The molecule has 2 aliphatic heterocycles. The van der Waals surface area contributed by atoms with E-state index in [0.717, 1.165) is 58.0 Å². The molecule has 4 heterocycles. The first-order valence-electron chi connectivity index (χ1n) is 9.19. The Hall–Kier alpha value is -1.63. The number of rotatable bonds is 6. The van der Waals surface area contributed by atoms with E-state index in [1.807, 2.05) is 12.1 Å². The van der Waals surface area contributed by atoms with E-state index in [1.165, 1.54) is 11.3 Å². The van der Waals surface area contributed by atoms with Crippen molar-refractivity contribution >= 4 is 0 Å². The molecule has 6 heteroatoms. The maximum absolute atomic E-state index is 5.52. The fourth-order valence-electron chi connectivity index (χ4n) is 4.01. The Morgan fingerprint density at radius 1 is 1.32 bits per heavy atom. The molecule has 0 radical (unpaired) electrons. The number of furan rings is 1. The lowest BCUT2D eigenvalue weighted by atomic mass is 9.97. The summed E-state index contributed by atoms with van der Waals surface area (Å²) in [5.74, 6) is 2.00. The maximum Gasteiger partial charge on any atom is 0.117 e. The van der Waals surface area contributed by atoms with Crippen LogP contribution >= 0.6 is 0 Å². The van der Waals surface area contributed by atoms with Gasteiger partial charge in [0.1, 0.15) is 5.76 Å². The molecule has 2 aliphatic rings. The Balaban J connectivity index is 1.48. The predicted octanol–water partition coefficient (Wildman–Crippen LogP) is 2.65. The summed E-state index contributed by atoms with van der Waals surface area (Å²) in [6.07, 6.45) is 6.25. The predicted molar refractivity (Wildman–Crippen MR) is 93.2 cm³/mol. The van der Waals surface area contributed by atoms with Gasteiger partial charge in [0.2, 0.25) is 0 Å². The lowest BCUT2D eigenvalue weighted by Gasteiger charge is -2.30. The standard InChI is InChI=1S/C19H27N3O3/c1-23-14-17-11-21(13-18-3-2-6-25-18)10-16-12-22(20-19(16)17)9-15-4-7-24-8-5-15/h2-3,6,12,15,17H,4-5,7-11,13-14H2,1H3/t17-/m1/s1. The lowest BCUT2D eigenvalue weighted by Crippen LogP contribution is -2.34. The van der Waals surface area contributed by atoms with E-state index in [2.05, 4.69) is 15.8 Å². The Kier molecular flexibility index (Phi) is 5.20. The van der Waals surface area contributed by atoms with Gasteiger partial charge in [0.05, 0.1) is 25.1 Å². The second-order valence-corrected chi connectivity index (χ2v) is 7.22. The fraction of sp³-hybridized carbons (Fsp3) is 0.632. The third-order valence-corrected chi connectivity index (χ3v) is 5.24. The van der Waals surface area contributed by atoms with Gasteiger partial charge in [-0.1, -0.05) is 0 Å². The van der Waals surface area contributed by atoms with E-state index in [0.29, 0.717) is 18.4 Å². The number of ether oxygens (including phenoxy) is 2. The topological polar surface area (TPSA) is 52.7 Å². The van der Waals surface area contributed by atoms with E-state index in [4.69, 9.17) is 19.0 Å². The summed E-state index contributed by atoms with van der Waals surface area (Å²) in [6, 6.07) is 3.98. The molecule has 136 valence electrons. The summed E-state index contributed by atoms with van der Waals surface area (Å²) in [7, 11) is 1.77. The number of fused-ring (bicyclic) bond motifs is 1. The Morgan fingerprint density at radius 2 is 2.20 bits per heavy atom. The normalized spacial score (nSPS) is 22.2. The molecule has 0 unspecified atom stereocenters. The molecule has 0 aromatic carbocycles. The van der Waals surface area contributed by atoms with Crippen molar-refractivity contribution in [1.82, 2.24) is 14.7 Å². The molecule has 4 rings (SSSR count). The zero-order chi connectivity index (χ0) is 17.1. The number of hydrogen-bond acceptors (Lipinski definition) is 5. The van der Waals surface area contributed by atoms with Crippen molar-refractivity contribution in [2.75, 3.05) is 33.5 Å². The van der Waals surface area contributed by atoms with E-state index < -0.39 is 0 Å². The molecule has 0 bridgehead atoms. The van der Waals surface area contributed by atoms with Gasteiger partial charge in [0.15, 0.2) is 0 Å². The van der Waals surface area contributed by atoms with Crippen LogP contribution < -0.4 is 0 Å². The van der Waals surface area contributed by atoms with Crippen LogP contribution in [-0.4, -0.2) is 48.2 Å². The summed E-state index contributed by atoms with van der Waals surface area (Å²) in [5.41, 5.74) is 2.54. The Labute approximate surface area is 148 Å². The molecular formula is C19H27N3O3. The smallest absolute Gasteiger partial charge is 0.117 e. The summed E-state index contributed by atoms with van der Waals surface area (Å²) < 4.78 is 18.6. The van der Waals surface area contributed by atoms with Gasteiger partial charge in [0, 0.05) is 57.6 Å². The third-order valence-electron chi connectivity index (χ3n) is 5.24.